The lowest BCUT2D eigenvalue weighted by Crippen LogP contribution is -2.39. The van der Waals surface area contributed by atoms with Gasteiger partial charge < -0.3 is 20.0 Å². The summed E-state index contributed by atoms with van der Waals surface area (Å²) in [5.41, 5.74) is 0.552. The Bertz CT molecular complexity index is 1610. The van der Waals surface area contributed by atoms with E-state index >= 15 is 0 Å². The quantitative estimate of drug-likeness (QED) is 0.244. The Morgan fingerprint density at radius 3 is 2.54 bits per heavy atom. The smallest absolute Gasteiger partial charge is 0.302 e. The predicted octanol–water partition coefficient (Wildman–Crippen LogP) is 4.41. The zero-order chi connectivity index (χ0) is 27.6. The number of amides is 1. The minimum Gasteiger partial charge on any atom is -0.377 e. The van der Waals surface area contributed by atoms with Gasteiger partial charge in [0.05, 0.1) is 9.82 Å². The third-order valence-electron chi connectivity index (χ3n) is 6.68. The van der Waals surface area contributed by atoms with Crippen LogP contribution in [0.5, 0.6) is 5.75 Å². The van der Waals surface area contributed by atoms with E-state index in [1.54, 1.807) is 42.6 Å². The van der Waals surface area contributed by atoms with Crippen molar-refractivity contribution >= 4 is 38.2 Å². The second-order valence-electron chi connectivity index (χ2n) is 9.35. The average molecular weight is 550 g/mol. The minimum atomic E-state index is -4.70. The largest absolute Gasteiger partial charge is 0.377 e. The van der Waals surface area contributed by atoms with Crippen LogP contribution in [-0.2, 0) is 10.0 Å². The van der Waals surface area contributed by atoms with Gasteiger partial charge in [-0.3, -0.25) is 14.9 Å². The maximum atomic E-state index is 13.9. The number of aromatic nitrogens is 1. The Kier molecular flexibility index (Phi) is 7.22. The van der Waals surface area contributed by atoms with Crippen LogP contribution in [0, 0.1) is 10.1 Å². The summed E-state index contributed by atoms with van der Waals surface area (Å²) in [7, 11) is -2.69. The highest BCUT2D eigenvalue weighted by Gasteiger charge is 2.35. The Labute approximate surface area is 225 Å². The maximum absolute atomic E-state index is 13.9. The van der Waals surface area contributed by atoms with Crippen molar-refractivity contribution in [3.63, 3.8) is 0 Å². The molecule has 1 saturated heterocycles. The standard InChI is InChI=1S/C27H27N5O6S/c1-30-16-13-20(14-17-30)29-24-11-10-21(18-25(24)31(34)35)39(36,37)32(27(33)19-6-3-2-4-7-19)38-26-9-5-8-23-22(26)12-15-28-23/h2-12,15,18,20,28-29H,13-14,16-17H2,1H3. The van der Waals surface area contributed by atoms with E-state index in [1.165, 1.54) is 30.3 Å². The number of sulfonamides is 1. The lowest BCUT2D eigenvalue weighted by molar-refractivity contribution is -0.384. The van der Waals surface area contributed by atoms with E-state index < -0.39 is 31.4 Å². The summed E-state index contributed by atoms with van der Waals surface area (Å²) in [5, 5.41) is 15.7. The van der Waals surface area contributed by atoms with Gasteiger partial charge in [-0.05, 0) is 75.4 Å². The van der Waals surface area contributed by atoms with Crippen LogP contribution in [0.4, 0.5) is 11.4 Å². The SMILES string of the molecule is CN1CCC(Nc2ccc(S(=O)(=O)N(Oc3cccc4[nH]ccc34)C(=O)c3ccccc3)cc2[N+](=O)[O-])CC1. The number of fused-ring (bicyclic) bond motifs is 1. The van der Waals surface area contributed by atoms with Crippen LogP contribution in [0.25, 0.3) is 10.9 Å². The summed E-state index contributed by atoms with van der Waals surface area (Å²) in [5.74, 6) is -0.823. The Hall–Kier alpha value is -4.42. The number of carbonyl (C=O) groups excluding carboxylic acids is 1. The predicted molar refractivity (Wildman–Crippen MR) is 146 cm³/mol. The Morgan fingerprint density at radius 2 is 1.82 bits per heavy atom. The lowest BCUT2D eigenvalue weighted by atomic mass is 10.1. The third-order valence-corrected chi connectivity index (χ3v) is 8.21. The van der Waals surface area contributed by atoms with Crippen molar-refractivity contribution < 1.29 is 23.0 Å². The molecule has 1 fully saturated rings. The van der Waals surface area contributed by atoms with Gasteiger partial charge in [0.2, 0.25) is 0 Å². The van der Waals surface area contributed by atoms with Crippen molar-refractivity contribution in [3.05, 3.63) is 94.7 Å². The van der Waals surface area contributed by atoms with Crippen molar-refractivity contribution in [2.24, 2.45) is 0 Å². The van der Waals surface area contributed by atoms with Crippen LogP contribution in [-0.4, -0.2) is 59.8 Å². The van der Waals surface area contributed by atoms with E-state index in [0.717, 1.165) is 32.0 Å². The Morgan fingerprint density at radius 1 is 1.08 bits per heavy atom. The van der Waals surface area contributed by atoms with E-state index in [4.69, 9.17) is 4.84 Å². The van der Waals surface area contributed by atoms with E-state index in [9.17, 15) is 23.3 Å². The number of rotatable bonds is 8. The van der Waals surface area contributed by atoms with Crippen LogP contribution >= 0.6 is 0 Å². The number of benzene rings is 3. The molecule has 0 saturated carbocycles. The van der Waals surface area contributed by atoms with Gasteiger partial charge in [0.25, 0.3) is 15.7 Å². The summed E-state index contributed by atoms with van der Waals surface area (Å²) in [6.45, 7) is 1.69. The van der Waals surface area contributed by atoms with Crippen LogP contribution in [0.3, 0.4) is 0 Å². The molecule has 2 N–H and O–H groups in total. The summed E-state index contributed by atoms with van der Waals surface area (Å²) in [4.78, 5) is 35.3. The van der Waals surface area contributed by atoms with Crippen LogP contribution < -0.4 is 10.2 Å². The molecule has 2 heterocycles. The van der Waals surface area contributed by atoms with Gasteiger partial charge >= 0.3 is 5.91 Å². The van der Waals surface area contributed by atoms with E-state index in [2.05, 4.69) is 15.2 Å². The number of likely N-dealkylation sites (tertiary alicyclic amines) is 1. The number of aromatic amines is 1. The second kappa shape index (κ2) is 10.8. The monoisotopic (exact) mass is 549 g/mol. The molecule has 4 aromatic rings. The van der Waals surface area contributed by atoms with Gasteiger partial charge in [-0.1, -0.05) is 28.7 Å². The molecule has 202 valence electrons. The van der Waals surface area contributed by atoms with Crippen molar-refractivity contribution in [2.75, 3.05) is 25.5 Å². The van der Waals surface area contributed by atoms with Gasteiger partial charge in [0, 0.05) is 34.8 Å². The number of hydrogen-bond donors (Lipinski definition) is 2. The fraction of sp³-hybridized carbons (Fsp3) is 0.222. The first kappa shape index (κ1) is 26.2. The average Bonchev–Trinajstić information content (AvgIpc) is 3.43. The Balaban J connectivity index is 1.53. The van der Waals surface area contributed by atoms with Crippen molar-refractivity contribution in [2.45, 2.75) is 23.8 Å². The molecule has 39 heavy (non-hydrogen) atoms. The van der Waals surface area contributed by atoms with Crippen LogP contribution in [0.15, 0.2) is 83.9 Å². The molecule has 0 spiro atoms. The molecule has 0 aliphatic carbocycles. The van der Waals surface area contributed by atoms with Crippen LogP contribution in [0.1, 0.15) is 23.2 Å². The number of hydrogen-bond acceptors (Lipinski definition) is 8. The number of H-pyrrole nitrogens is 1. The number of nitro benzene ring substituents is 1. The molecular weight excluding hydrogens is 522 g/mol. The summed E-state index contributed by atoms with van der Waals surface area (Å²) < 4.78 is 28.0. The van der Waals surface area contributed by atoms with E-state index in [0.29, 0.717) is 10.9 Å². The van der Waals surface area contributed by atoms with Gasteiger partial charge in [-0.25, -0.2) is 0 Å². The fourth-order valence-electron chi connectivity index (χ4n) is 4.52. The zero-order valence-electron chi connectivity index (χ0n) is 21.1. The molecule has 5 rings (SSSR count). The van der Waals surface area contributed by atoms with Crippen molar-refractivity contribution in [1.82, 2.24) is 14.4 Å². The maximum Gasteiger partial charge on any atom is 0.302 e. The molecule has 1 aromatic heterocycles. The minimum absolute atomic E-state index is 0.0173. The highest BCUT2D eigenvalue weighted by atomic mass is 32.2. The van der Waals surface area contributed by atoms with Crippen LogP contribution in [0.2, 0.25) is 0 Å². The van der Waals surface area contributed by atoms with Gasteiger partial charge in [-0.15, -0.1) is 0 Å². The summed E-state index contributed by atoms with van der Waals surface area (Å²) >= 11 is 0. The van der Waals surface area contributed by atoms with E-state index in [1.807, 2.05) is 7.05 Å². The normalized spacial score (nSPS) is 14.7. The van der Waals surface area contributed by atoms with Gasteiger partial charge in [0.15, 0.2) is 5.75 Å². The van der Waals surface area contributed by atoms with Crippen molar-refractivity contribution in [3.8, 4) is 5.75 Å². The molecule has 0 bridgehead atoms. The summed E-state index contributed by atoms with van der Waals surface area (Å²) in [6, 6.07) is 18.0. The topological polar surface area (TPSA) is 138 Å². The van der Waals surface area contributed by atoms with Crippen molar-refractivity contribution in [1.29, 1.82) is 0 Å². The first-order valence-corrected chi connectivity index (χ1v) is 13.8. The molecule has 11 nitrogen and oxygen atoms in total. The second-order valence-corrected chi connectivity index (χ2v) is 11.1. The molecule has 12 heteroatoms. The molecule has 0 unspecified atom stereocenters. The molecule has 1 aliphatic rings. The fourth-order valence-corrected chi connectivity index (χ4v) is 5.72. The lowest BCUT2D eigenvalue weighted by Gasteiger charge is -2.30. The number of nitrogens with one attached hydrogen (secondary N) is 2. The van der Waals surface area contributed by atoms with Gasteiger partial charge in [0.1, 0.15) is 5.69 Å². The molecular formula is C27H27N5O6S. The highest BCUT2D eigenvalue weighted by molar-refractivity contribution is 7.89. The van der Waals surface area contributed by atoms with Gasteiger partial charge in [-0.2, -0.15) is 8.42 Å². The molecule has 0 atom stereocenters. The zero-order valence-corrected chi connectivity index (χ0v) is 21.9. The highest BCUT2D eigenvalue weighted by Crippen LogP contribution is 2.33. The molecule has 1 aliphatic heterocycles. The number of carbonyl (C=O) groups is 1. The van der Waals surface area contributed by atoms with E-state index in [-0.39, 0.29) is 27.5 Å². The molecule has 3 aromatic carbocycles. The molecule has 1 amide bonds. The number of hydroxylamine groups is 1. The third kappa shape index (κ3) is 5.42. The first-order valence-electron chi connectivity index (χ1n) is 12.4. The number of nitrogens with zero attached hydrogens (tertiary/aromatic N) is 3. The number of piperidine rings is 1. The number of nitro groups is 1. The number of anilines is 1. The summed E-state index contributed by atoms with van der Waals surface area (Å²) in [6.07, 6.45) is 3.26. The first-order chi connectivity index (χ1) is 18.7. The molecule has 0 radical (unpaired) electrons.